The molecule has 2 N–H and O–H groups in total. The van der Waals surface area contributed by atoms with E-state index in [-0.39, 0.29) is 6.10 Å². The molecule has 1 atom stereocenters. The molecule has 0 aliphatic carbocycles. The highest BCUT2D eigenvalue weighted by molar-refractivity contribution is 5.27. The van der Waals surface area contributed by atoms with Crippen LogP contribution in [-0.2, 0) is 6.42 Å². The second-order valence-electron chi connectivity index (χ2n) is 4.13. The average Bonchev–Trinajstić information content (AvgIpc) is 2.35. The van der Waals surface area contributed by atoms with Crippen LogP contribution in [0.25, 0.3) is 0 Å². The minimum absolute atomic E-state index is 0.140. The summed E-state index contributed by atoms with van der Waals surface area (Å²) in [6, 6.07) is 8.38. The van der Waals surface area contributed by atoms with Gasteiger partial charge in [-0.3, -0.25) is 0 Å². The molecule has 1 rings (SSSR count). The lowest BCUT2D eigenvalue weighted by Crippen LogP contribution is -2.25. The number of ether oxygens (including phenoxy) is 1. The van der Waals surface area contributed by atoms with Gasteiger partial charge in [-0.2, -0.15) is 0 Å². The summed E-state index contributed by atoms with van der Waals surface area (Å²) in [5.41, 5.74) is 6.99. The Bertz CT molecular complexity index is 277. The molecule has 90 valence electrons. The molecule has 0 aromatic heterocycles. The Morgan fingerprint density at radius 3 is 2.38 bits per heavy atom. The van der Waals surface area contributed by atoms with Crippen LogP contribution in [0.2, 0.25) is 0 Å². The quantitative estimate of drug-likeness (QED) is 0.767. The van der Waals surface area contributed by atoms with Gasteiger partial charge >= 0.3 is 0 Å². The van der Waals surface area contributed by atoms with Crippen molar-refractivity contribution in [2.45, 2.75) is 45.6 Å². The number of nitrogens with two attached hydrogens (primary N) is 1. The Kier molecular flexibility index (Phi) is 5.94. The van der Waals surface area contributed by atoms with E-state index in [0.717, 1.165) is 18.6 Å². The topological polar surface area (TPSA) is 35.2 Å². The van der Waals surface area contributed by atoms with Gasteiger partial charge < -0.3 is 10.5 Å². The lowest BCUT2D eigenvalue weighted by molar-refractivity contribution is 0.205. The van der Waals surface area contributed by atoms with E-state index in [1.165, 1.54) is 18.4 Å². The van der Waals surface area contributed by atoms with Gasteiger partial charge in [0.2, 0.25) is 0 Å². The van der Waals surface area contributed by atoms with Crippen molar-refractivity contribution in [3.8, 4) is 5.75 Å². The maximum absolute atomic E-state index is 5.75. The zero-order valence-corrected chi connectivity index (χ0v) is 10.4. The molecule has 1 unspecified atom stereocenters. The van der Waals surface area contributed by atoms with Crippen molar-refractivity contribution in [3.63, 3.8) is 0 Å². The zero-order chi connectivity index (χ0) is 11.8. The highest BCUT2D eigenvalue weighted by Crippen LogP contribution is 2.15. The molecule has 0 spiro atoms. The third-order valence-corrected chi connectivity index (χ3v) is 2.76. The predicted octanol–water partition coefficient (Wildman–Crippen LogP) is 3.15. The monoisotopic (exact) mass is 221 g/mol. The number of rotatable bonds is 7. The highest BCUT2D eigenvalue weighted by Gasteiger charge is 2.04. The molecule has 2 nitrogen and oxygen atoms in total. The molecular weight excluding hydrogens is 198 g/mol. The predicted molar refractivity (Wildman–Crippen MR) is 68.8 cm³/mol. The van der Waals surface area contributed by atoms with Crippen molar-refractivity contribution in [1.29, 1.82) is 0 Å². The summed E-state index contributed by atoms with van der Waals surface area (Å²) in [5, 5.41) is 0. The van der Waals surface area contributed by atoms with Crippen LogP contribution in [0.1, 0.15) is 38.7 Å². The van der Waals surface area contributed by atoms with Crippen LogP contribution in [0.3, 0.4) is 0 Å². The van der Waals surface area contributed by atoms with E-state index in [0.29, 0.717) is 6.54 Å². The van der Waals surface area contributed by atoms with Gasteiger partial charge in [-0.05, 0) is 37.0 Å². The van der Waals surface area contributed by atoms with Crippen LogP contribution < -0.4 is 10.5 Å². The van der Waals surface area contributed by atoms with Crippen molar-refractivity contribution in [3.05, 3.63) is 29.8 Å². The number of benzene rings is 1. The first-order valence-electron chi connectivity index (χ1n) is 6.25. The molecule has 1 aromatic rings. The Labute approximate surface area is 98.8 Å². The van der Waals surface area contributed by atoms with Gasteiger partial charge in [0.1, 0.15) is 11.9 Å². The van der Waals surface area contributed by atoms with Crippen LogP contribution in [-0.4, -0.2) is 12.6 Å². The number of hydrogen-bond acceptors (Lipinski definition) is 2. The van der Waals surface area contributed by atoms with E-state index < -0.39 is 0 Å². The summed E-state index contributed by atoms with van der Waals surface area (Å²) in [4.78, 5) is 0. The lowest BCUT2D eigenvalue weighted by Gasteiger charge is -2.15. The van der Waals surface area contributed by atoms with Gasteiger partial charge in [0.25, 0.3) is 0 Å². The van der Waals surface area contributed by atoms with Gasteiger partial charge in [-0.25, -0.2) is 0 Å². The molecule has 0 radical (unpaired) electrons. The highest BCUT2D eigenvalue weighted by atomic mass is 16.5. The van der Waals surface area contributed by atoms with Gasteiger partial charge in [0.05, 0.1) is 0 Å². The molecule has 0 saturated carbocycles. The molecule has 0 aliphatic rings. The van der Waals surface area contributed by atoms with Crippen LogP contribution in [0, 0.1) is 0 Å². The third-order valence-electron chi connectivity index (χ3n) is 2.76. The lowest BCUT2D eigenvalue weighted by atomic mass is 10.1. The molecule has 0 aliphatic heterocycles. The Hall–Kier alpha value is -1.02. The molecule has 1 aromatic carbocycles. The summed E-state index contributed by atoms with van der Waals surface area (Å²) in [6.45, 7) is 4.88. The molecular formula is C14H23NO. The van der Waals surface area contributed by atoms with Crippen molar-refractivity contribution in [2.24, 2.45) is 5.73 Å². The fourth-order valence-corrected chi connectivity index (χ4v) is 1.61. The molecule has 16 heavy (non-hydrogen) atoms. The number of hydrogen-bond donors (Lipinski definition) is 1. The first kappa shape index (κ1) is 13.0. The fourth-order valence-electron chi connectivity index (χ4n) is 1.61. The maximum Gasteiger partial charge on any atom is 0.119 e. The number of aryl methyl sites for hydroxylation is 1. The molecule has 0 heterocycles. The second-order valence-corrected chi connectivity index (χ2v) is 4.13. The van der Waals surface area contributed by atoms with E-state index in [2.05, 4.69) is 26.0 Å². The van der Waals surface area contributed by atoms with E-state index in [1.54, 1.807) is 0 Å². The van der Waals surface area contributed by atoms with Gasteiger partial charge in [0, 0.05) is 6.54 Å². The van der Waals surface area contributed by atoms with Crippen molar-refractivity contribution in [1.82, 2.24) is 0 Å². The van der Waals surface area contributed by atoms with Crippen LogP contribution >= 0.6 is 0 Å². The normalized spacial score (nSPS) is 12.4. The third kappa shape index (κ3) is 4.23. The second kappa shape index (κ2) is 7.29. The fraction of sp³-hybridized carbons (Fsp3) is 0.571. The molecule has 0 bridgehead atoms. The van der Waals surface area contributed by atoms with E-state index in [1.807, 2.05) is 12.1 Å². The van der Waals surface area contributed by atoms with Crippen LogP contribution in [0.15, 0.2) is 24.3 Å². The van der Waals surface area contributed by atoms with E-state index in [4.69, 9.17) is 10.5 Å². The summed E-state index contributed by atoms with van der Waals surface area (Å²) >= 11 is 0. The van der Waals surface area contributed by atoms with Gasteiger partial charge in [-0.15, -0.1) is 0 Å². The summed E-state index contributed by atoms with van der Waals surface area (Å²) in [7, 11) is 0. The first-order valence-corrected chi connectivity index (χ1v) is 6.25. The van der Waals surface area contributed by atoms with E-state index in [9.17, 15) is 0 Å². The summed E-state index contributed by atoms with van der Waals surface area (Å²) < 4.78 is 5.75. The summed E-state index contributed by atoms with van der Waals surface area (Å²) in [6.07, 6.45) is 4.74. The van der Waals surface area contributed by atoms with Crippen molar-refractivity contribution < 1.29 is 4.74 Å². The SMILES string of the molecule is CCCCc1ccc(OC(CC)CN)cc1. The number of unbranched alkanes of at least 4 members (excludes halogenated alkanes) is 1. The Morgan fingerprint density at radius 2 is 1.88 bits per heavy atom. The average molecular weight is 221 g/mol. The standard InChI is InChI=1S/C14H23NO/c1-3-5-6-12-7-9-14(10-8-12)16-13(4-2)11-15/h7-10,13H,3-6,11,15H2,1-2H3. The van der Waals surface area contributed by atoms with E-state index >= 15 is 0 Å². The van der Waals surface area contributed by atoms with Gasteiger partial charge in [0.15, 0.2) is 0 Å². The Morgan fingerprint density at radius 1 is 1.19 bits per heavy atom. The van der Waals surface area contributed by atoms with Crippen molar-refractivity contribution >= 4 is 0 Å². The molecule has 0 saturated heterocycles. The van der Waals surface area contributed by atoms with Crippen LogP contribution in [0.4, 0.5) is 0 Å². The zero-order valence-electron chi connectivity index (χ0n) is 10.4. The maximum atomic E-state index is 5.75. The molecule has 0 fully saturated rings. The minimum Gasteiger partial charge on any atom is -0.489 e. The summed E-state index contributed by atoms with van der Waals surface area (Å²) in [5.74, 6) is 0.928. The minimum atomic E-state index is 0.140. The van der Waals surface area contributed by atoms with Crippen LogP contribution in [0.5, 0.6) is 5.75 Å². The smallest absolute Gasteiger partial charge is 0.119 e. The Balaban J connectivity index is 2.50. The van der Waals surface area contributed by atoms with Crippen molar-refractivity contribution in [2.75, 3.05) is 6.54 Å². The first-order chi connectivity index (χ1) is 7.80. The van der Waals surface area contributed by atoms with Gasteiger partial charge in [-0.1, -0.05) is 32.4 Å². The molecule has 0 amide bonds. The largest absolute Gasteiger partial charge is 0.489 e. The molecule has 2 heteroatoms.